The van der Waals surface area contributed by atoms with Crippen molar-refractivity contribution in [1.29, 1.82) is 0 Å². The quantitative estimate of drug-likeness (QED) is 0.365. The molecule has 0 radical (unpaired) electrons. The smallest absolute Gasteiger partial charge is 0.327 e. The Morgan fingerprint density at radius 3 is 2.44 bits per heavy atom. The minimum Gasteiger partial charge on any atom is -0.491 e. The maximum absolute atomic E-state index is 12.2. The van der Waals surface area contributed by atoms with Crippen LogP contribution in [0.2, 0.25) is 0 Å². The van der Waals surface area contributed by atoms with Crippen LogP contribution in [0, 0.1) is 0 Å². The zero-order valence-electron chi connectivity index (χ0n) is 17.2. The summed E-state index contributed by atoms with van der Waals surface area (Å²) in [5.74, 6) is 0.476. The second kappa shape index (κ2) is 10.2. The van der Waals surface area contributed by atoms with Crippen molar-refractivity contribution in [2.24, 2.45) is 0 Å². The summed E-state index contributed by atoms with van der Waals surface area (Å²) in [6, 6.07) is 23.1. The summed E-state index contributed by atoms with van der Waals surface area (Å²) in [6.07, 6.45) is 0. The predicted molar refractivity (Wildman–Crippen MR) is 121 cm³/mol. The molecule has 162 valence electrons. The zero-order chi connectivity index (χ0) is 22.2. The molecule has 0 aliphatic rings. The number of carbonyl (C=O) groups is 2. The van der Waals surface area contributed by atoms with E-state index < -0.39 is 11.9 Å². The van der Waals surface area contributed by atoms with Gasteiger partial charge in [-0.15, -0.1) is 0 Å². The zero-order valence-corrected chi connectivity index (χ0v) is 17.2. The lowest BCUT2D eigenvalue weighted by molar-refractivity contribution is 0.0889. The molecule has 0 bridgehead atoms. The van der Waals surface area contributed by atoms with E-state index in [1.807, 2.05) is 30.3 Å². The van der Waals surface area contributed by atoms with Crippen molar-refractivity contribution >= 4 is 28.7 Å². The summed E-state index contributed by atoms with van der Waals surface area (Å²) >= 11 is 0. The van der Waals surface area contributed by atoms with Crippen molar-refractivity contribution in [1.82, 2.24) is 15.5 Å². The van der Waals surface area contributed by atoms with Crippen LogP contribution in [0.1, 0.15) is 15.9 Å². The van der Waals surface area contributed by atoms with Crippen LogP contribution in [0.3, 0.4) is 0 Å². The van der Waals surface area contributed by atoms with Crippen LogP contribution >= 0.6 is 0 Å². The molecule has 0 unspecified atom stereocenters. The lowest BCUT2D eigenvalue weighted by atomic mass is 10.2. The van der Waals surface area contributed by atoms with Crippen molar-refractivity contribution < 1.29 is 19.1 Å². The van der Waals surface area contributed by atoms with E-state index in [1.54, 1.807) is 48.5 Å². The SMILES string of the molecule is O=C(NC(=O)c1ccccc1)Nc1n[nH]c2cc(OCCOCc3ccccc3)ccc12. The van der Waals surface area contributed by atoms with Crippen molar-refractivity contribution in [3.63, 3.8) is 0 Å². The lowest BCUT2D eigenvalue weighted by Crippen LogP contribution is -2.34. The Labute approximate surface area is 184 Å². The third-order valence-electron chi connectivity index (χ3n) is 4.64. The molecular formula is C24H22N4O4. The van der Waals surface area contributed by atoms with Crippen molar-refractivity contribution in [3.05, 3.63) is 90.0 Å². The number of urea groups is 1. The molecule has 8 nitrogen and oxygen atoms in total. The van der Waals surface area contributed by atoms with Gasteiger partial charge in [0.2, 0.25) is 0 Å². The van der Waals surface area contributed by atoms with Gasteiger partial charge in [-0.3, -0.25) is 20.5 Å². The molecule has 0 saturated heterocycles. The average molecular weight is 430 g/mol. The molecule has 3 amide bonds. The van der Waals surface area contributed by atoms with Crippen molar-refractivity contribution in [3.8, 4) is 5.75 Å². The number of nitrogens with one attached hydrogen (secondary N) is 3. The number of imide groups is 1. The van der Waals surface area contributed by atoms with E-state index in [4.69, 9.17) is 9.47 Å². The first-order valence-electron chi connectivity index (χ1n) is 10.1. The third-order valence-corrected chi connectivity index (χ3v) is 4.64. The lowest BCUT2D eigenvalue weighted by Gasteiger charge is -2.08. The Morgan fingerprint density at radius 1 is 0.906 bits per heavy atom. The number of aromatic nitrogens is 2. The fourth-order valence-corrected chi connectivity index (χ4v) is 3.07. The summed E-state index contributed by atoms with van der Waals surface area (Å²) in [7, 11) is 0. The van der Waals surface area contributed by atoms with Gasteiger partial charge in [-0.2, -0.15) is 5.10 Å². The van der Waals surface area contributed by atoms with Crippen LogP contribution in [0.4, 0.5) is 10.6 Å². The summed E-state index contributed by atoms with van der Waals surface area (Å²) in [5, 5.41) is 12.5. The molecule has 0 fully saturated rings. The van der Waals surface area contributed by atoms with Crippen LogP contribution < -0.4 is 15.4 Å². The van der Waals surface area contributed by atoms with Gasteiger partial charge >= 0.3 is 6.03 Å². The summed E-state index contributed by atoms with van der Waals surface area (Å²) in [6.45, 7) is 1.40. The summed E-state index contributed by atoms with van der Waals surface area (Å²) in [4.78, 5) is 24.3. The van der Waals surface area contributed by atoms with Gasteiger partial charge < -0.3 is 9.47 Å². The Morgan fingerprint density at radius 2 is 1.66 bits per heavy atom. The Hall–Kier alpha value is -4.17. The molecule has 0 spiro atoms. The first-order chi connectivity index (χ1) is 15.7. The number of H-pyrrole nitrogens is 1. The Kier molecular flexibility index (Phi) is 6.74. The van der Waals surface area contributed by atoms with Crippen LogP contribution in [0.25, 0.3) is 10.9 Å². The number of hydrogen-bond donors (Lipinski definition) is 3. The number of ether oxygens (including phenoxy) is 2. The molecule has 3 aromatic carbocycles. The van der Waals surface area contributed by atoms with Gasteiger partial charge in [0.15, 0.2) is 5.82 Å². The highest BCUT2D eigenvalue weighted by atomic mass is 16.5. The second-order valence-corrected chi connectivity index (χ2v) is 6.94. The second-order valence-electron chi connectivity index (χ2n) is 6.94. The van der Waals surface area contributed by atoms with Gasteiger partial charge in [0.1, 0.15) is 12.4 Å². The van der Waals surface area contributed by atoms with E-state index in [0.29, 0.717) is 47.9 Å². The van der Waals surface area contributed by atoms with Gasteiger partial charge in [0.05, 0.1) is 18.7 Å². The van der Waals surface area contributed by atoms with E-state index in [1.165, 1.54) is 0 Å². The highest BCUT2D eigenvalue weighted by Gasteiger charge is 2.13. The molecule has 4 rings (SSSR count). The number of rotatable bonds is 8. The van der Waals surface area contributed by atoms with Crippen LogP contribution in [0.15, 0.2) is 78.9 Å². The number of aromatic amines is 1. The number of amides is 3. The molecule has 1 aromatic heterocycles. The summed E-state index contributed by atoms with van der Waals surface area (Å²) in [5.41, 5.74) is 2.20. The van der Waals surface area contributed by atoms with Crippen LogP contribution in [-0.2, 0) is 11.3 Å². The monoisotopic (exact) mass is 430 g/mol. The van der Waals surface area contributed by atoms with Crippen molar-refractivity contribution in [2.75, 3.05) is 18.5 Å². The van der Waals surface area contributed by atoms with E-state index in [-0.39, 0.29) is 0 Å². The average Bonchev–Trinajstić information content (AvgIpc) is 3.22. The van der Waals surface area contributed by atoms with Crippen LogP contribution in [0.5, 0.6) is 5.75 Å². The number of hydrogen-bond acceptors (Lipinski definition) is 5. The summed E-state index contributed by atoms with van der Waals surface area (Å²) < 4.78 is 11.3. The first-order valence-corrected chi connectivity index (χ1v) is 10.1. The van der Waals surface area contributed by atoms with E-state index >= 15 is 0 Å². The van der Waals surface area contributed by atoms with E-state index in [2.05, 4.69) is 20.8 Å². The molecule has 0 atom stereocenters. The van der Waals surface area contributed by atoms with E-state index in [9.17, 15) is 9.59 Å². The van der Waals surface area contributed by atoms with Crippen molar-refractivity contribution in [2.45, 2.75) is 6.61 Å². The molecule has 4 aromatic rings. The highest BCUT2D eigenvalue weighted by molar-refractivity contribution is 6.09. The highest BCUT2D eigenvalue weighted by Crippen LogP contribution is 2.24. The molecule has 1 heterocycles. The molecular weight excluding hydrogens is 408 g/mol. The molecule has 32 heavy (non-hydrogen) atoms. The third kappa shape index (κ3) is 5.50. The number of benzene rings is 3. The molecule has 8 heteroatoms. The number of fused-ring (bicyclic) bond motifs is 1. The maximum atomic E-state index is 12.2. The fourth-order valence-electron chi connectivity index (χ4n) is 3.07. The topological polar surface area (TPSA) is 105 Å². The first kappa shape index (κ1) is 21.1. The Bertz CT molecular complexity index is 1190. The molecule has 0 aliphatic carbocycles. The van der Waals surface area contributed by atoms with Gasteiger partial charge in [-0.1, -0.05) is 48.5 Å². The van der Waals surface area contributed by atoms with Gasteiger partial charge in [0.25, 0.3) is 5.91 Å². The standard InChI is InChI=1S/C24H22N4O4/c29-23(18-9-5-2-6-10-18)26-24(30)25-22-20-12-11-19(15-21(20)27-28-22)32-14-13-31-16-17-7-3-1-4-8-17/h1-12,15H,13-14,16H2,(H3,25,26,27,28,29,30). The number of carbonyl (C=O) groups excluding carboxylic acids is 2. The Balaban J connectivity index is 1.27. The predicted octanol–water partition coefficient (Wildman–Crippen LogP) is 4.12. The fraction of sp³-hybridized carbons (Fsp3) is 0.125. The number of anilines is 1. The van der Waals surface area contributed by atoms with Gasteiger partial charge in [0, 0.05) is 17.0 Å². The minimum absolute atomic E-state index is 0.316. The maximum Gasteiger partial charge on any atom is 0.327 e. The van der Waals surface area contributed by atoms with Crippen LogP contribution in [-0.4, -0.2) is 35.3 Å². The minimum atomic E-state index is -0.664. The molecule has 3 N–H and O–H groups in total. The number of nitrogens with zero attached hydrogens (tertiary/aromatic N) is 1. The van der Waals surface area contributed by atoms with Gasteiger partial charge in [-0.25, -0.2) is 4.79 Å². The molecule has 0 saturated carbocycles. The molecule has 0 aliphatic heterocycles. The van der Waals surface area contributed by atoms with Gasteiger partial charge in [-0.05, 0) is 29.8 Å². The largest absolute Gasteiger partial charge is 0.491 e. The normalized spacial score (nSPS) is 10.6. The van der Waals surface area contributed by atoms with E-state index in [0.717, 1.165) is 5.56 Å².